The predicted octanol–water partition coefficient (Wildman–Crippen LogP) is 3.21. The van der Waals surface area contributed by atoms with Crippen LogP contribution >= 0.6 is 0 Å². The molecule has 0 spiro atoms. The van der Waals surface area contributed by atoms with Crippen LogP contribution < -0.4 is 15.2 Å². The average molecular weight is 359 g/mol. The van der Waals surface area contributed by atoms with E-state index in [-0.39, 0.29) is 23.0 Å². The zero-order chi connectivity index (χ0) is 18.9. The van der Waals surface area contributed by atoms with Gasteiger partial charge in [-0.2, -0.15) is 0 Å². The van der Waals surface area contributed by atoms with Gasteiger partial charge in [0, 0.05) is 11.6 Å². The number of aromatic hydroxyl groups is 1. The van der Waals surface area contributed by atoms with Gasteiger partial charge >= 0.3 is 0 Å². The molecule has 0 aliphatic carbocycles. The lowest BCUT2D eigenvalue weighted by atomic mass is 10.2. The summed E-state index contributed by atoms with van der Waals surface area (Å²) >= 11 is 0. The van der Waals surface area contributed by atoms with E-state index in [0.29, 0.717) is 18.8 Å². The van der Waals surface area contributed by atoms with Crippen molar-refractivity contribution in [2.75, 3.05) is 13.2 Å². The first-order valence-electron chi connectivity index (χ1n) is 8.15. The molecule has 2 rings (SSSR count). The molecule has 0 atom stereocenters. The summed E-state index contributed by atoms with van der Waals surface area (Å²) in [5, 5.41) is 27.6. The second-order valence-corrected chi connectivity index (χ2v) is 5.60. The third kappa shape index (κ3) is 5.66. The van der Waals surface area contributed by atoms with Gasteiger partial charge in [-0.15, -0.1) is 0 Å². The van der Waals surface area contributed by atoms with Crippen LogP contribution in [0.25, 0.3) is 0 Å². The normalized spacial score (nSPS) is 10.3. The van der Waals surface area contributed by atoms with Gasteiger partial charge in [-0.25, -0.2) is 0 Å². The first-order valence-corrected chi connectivity index (χ1v) is 8.15. The SMILES string of the molecule is N=C(N)c1ccc(OCCCCCOc2ccc([N+](=O)[O-])cc2O)cc1. The number of nitro benzene ring substituents is 1. The molecule has 2 aromatic rings. The van der Waals surface area contributed by atoms with Crippen molar-refractivity contribution in [2.45, 2.75) is 19.3 Å². The summed E-state index contributed by atoms with van der Waals surface area (Å²) in [6.45, 7) is 0.959. The fraction of sp³-hybridized carbons (Fsp3) is 0.278. The summed E-state index contributed by atoms with van der Waals surface area (Å²) in [6.07, 6.45) is 2.48. The number of phenolic OH excluding ortho intramolecular Hbond substituents is 1. The number of benzene rings is 2. The summed E-state index contributed by atoms with van der Waals surface area (Å²) in [6, 6.07) is 10.8. The number of nitrogens with two attached hydrogens (primary N) is 1. The molecule has 0 aromatic heterocycles. The maximum atomic E-state index is 10.6. The zero-order valence-electron chi connectivity index (χ0n) is 14.2. The summed E-state index contributed by atoms with van der Waals surface area (Å²) in [5.74, 6) is 0.742. The Morgan fingerprint density at radius 3 is 2.31 bits per heavy atom. The molecular weight excluding hydrogens is 338 g/mol. The third-order valence-electron chi connectivity index (χ3n) is 3.63. The molecule has 2 aromatic carbocycles. The molecule has 0 unspecified atom stereocenters. The van der Waals surface area contributed by atoms with E-state index in [1.807, 2.05) is 0 Å². The molecule has 4 N–H and O–H groups in total. The fourth-order valence-electron chi connectivity index (χ4n) is 2.23. The van der Waals surface area contributed by atoms with Crippen LogP contribution in [-0.4, -0.2) is 29.1 Å². The second kappa shape index (κ2) is 9.26. The van der Waals surface area contributed by atoms with Crippen LogP contribution in [0.4, 0.5) is 5.69 Å². The van der Waals surface area contributed by atoms with Crippen molar-refractivity contribution in [3.05, 3.63) is 58.1 Å². The standard InChI is InChI=1S/C18H21N3O5/c19-18(20)13-4-7-15(8-5-13)25-10-2-1-3-11-26-17-9-6-14(21(23)24)12-16(17)22/h4-9,12,22H,1-3,10-11H2,(H3,19,20). The highest BCUT2D eigenvalue weighted by Gasteiger charge is 2.10. The fourth-order valence-corrected chi connectivity index (χ4v) is 2.23. The van der Waals surface area contributed by atoms with Crippen LogP contribution in [0.15, 0.2) is 42.5 Å². The van der Waals surface area contributed by atoms with E-state index in [9.17, 15) is 15.2 Å². The second-order valence-electron chi connectivity index (χ2n) is 5.60. The summed E-state index contributed by atoms with van der Waals surface area (Å²) in [5.41, 5.74) is 5.87. The van der Waals surface area contributed by atoms with Crippen LogP contribution in [-0.2, 0) is 0 Å². The molecule has 0 fully saturated rings. The van der Waals surface area contributed by atoms with E-state index in [0.717, 1.165) is 31.1 Å². The highest BCUT2D eigenvalue weighted by molar-refractivity contribution is 5.94. The largest absolute Gasteiger partial charge is 0.504 e. The van der Waals surface area contributed by atoms with Crippen LogP contribution in [0.1, 0.15) is 24.8 Å². The van der Waals surface area contributed by atoms with Crippen molar-refractivity contribution < 1.29 is 19.5 Å². The molecule has 0 heterocycles. The molecule has 8 heteroatoms. The van der Waals surface area contributed by atoms with Crippen LogP contribution in [0.3, 0.4) is 0 Å². The number of nitrogens with one attached hydrogen (secondary N) is 1. The molecule has 8 nitrogen and oxygen atoms in total. The number of hydrogen-bond acceptors (Lipinski definition) is 6. The number of non-ortho nitro benzene ring substituents is 1. The van der Waals surface area contributed by atoms with Crippen molar-refractivity contribution in [3.8, 4) is 17.2 Å². The van der Waals surface area contributed by atoms with Gasteiger partial charge in [0.15, 0.2) is 11.5 Å². The quantitative estimate of drug-likeness (QED) is 0.196. The van der Waals surface area contributed by atoms with Crippen molar-refractivity contribution in [2.24, 2.45) is 5.73 Å². The van der Waals surface area contributed by atoms with Crippen molar-refractivity contribution in [1.82, 2.24) is 0 Å². The molecule has 0 bridgehead atoms. The summed E-state index contributed by atoms with van der Waals surface area (Å²) in [7, 11) is 0. The molecule has 0 aliphatic rings. The highest BCUT2D eigenvalue weighted by atomic mass is 16.6. The van der Waals surface area contributed by atoms with Gasteiger partial charge in [0.2, 0.25) is 0 Å². The number of nitrogen functional groups attached to an aromatic ring is 1. The van der Waals surface area contributed by atoms with E-state index < -0.39 is 4.92 Å². The number of amidine groups is 1. The summed E-state index contributed by atoms with van der Waals surface area (Å²) in [4.78, 5) is 10.0. The minimum absolute atomic E-state index is 0.0237. The van der Waals surface area contributed by atoms with Crippen molar-refractivity contribution >= 4 is 11.5 Å². The number of phenols is 1. The number of ether oxygens (including phenoxy) is 2. The minimum Gasteiger partial charge on any atom is -0.504 e. The number of nitrogens with zero attached hydrogens (tertiary/aromatic N) is 1. The molecular formula is C18H21N3O5. The third-order valence-corrected chi connectivity index (χ3v) is 3.63. The summed E-state index contributed by atoms with van der Waals surface area (Å²) < 4.78 is 11.0. The molecule has 0 radical (unpaired) electrons. The molecule has 0 saturated heterocycles. The van der Waals surface area contributed by atoms with Gasteiger partial charge < -0.3 is 20.3 Å². The Morgan fingerprint density at radius 1 is 1.08 bits per heavy atom. The molecule has 26 heavy (non-hydrogen) atoms. The number of nitro groups is 1. The first kappa shape index (κ1) is 19.0. The van der Waals surface area contributed by atoms with Gasteiger partial charge in [0.1, 0.15) is 11.6 Å². The van der Waals surface area contributed by atoms with Crippen LogP contribution in [0.2, 0.25) is 0 Å². The molecule has 0 aliphatic heterocycles. The Kier molecular flexibility index (Phi) is 6.78. The lowest BCUT2D eigenvalue weighted by Gasteiger charge is -2.09. The molecule has 138 valence electrons. The van der Waals surface area contributed by atoms with Crippen molar-refractivity contribution in [1.29, 1.82) is 5.41 Å². The maximum Gasteiger partial charge on any atom is 0.273 e. The van der Waals surface area contributed by atoms with Gasteiger partial charge in [-0.05, 0) is 49.6 Å². The predicted molar refractivity (Wildman–Crippen MR) is 97.1 cm³/mol. The Hall–Kier alpha value is -3.29. The zero-order valence-corrected chi connectivity index (χ0v) is 14.2. The number of hydrogen-bond donors (Lipinski definition) is 3. The van der Waals surface area contributed by atoms with E-state index in [1.54, 1.807) is 24.3 Å². The highest BCUT2D eigenvalue weighted by Crippen LogP contribution is 2.30. The average Bonchev–Trinajstić information content (AvgIpc) is 2.62. The smallest absolute Gasteiger partial charge is 0.273 e. The van der Waals surface area contributed by atoms with Gasteiger partial charge in [-0.1, -0.05) is 0 Å². The number of rotatable bonds is 10. The van der Waals surface area contributed by atoms with E-state index in [1.165, 1.54) is 12.1 Å². The monoisotopic (exact) mass is 359 g/mol. The topological polar surface area (TPSA) is 132 Å². The Labute approximate surface area is 150 Å². The van der Waals surface area contributed by atoms with E-state index in [2.05, 4.69) is 0 Å². The van der Waals surface area contributed by atoms with E-state index in [4.69, 9.17) is 20.6 Å². The lowest BCUT2D eigenvalue weighted by Crippen LogP contribution is -2.10. The van der Waals surface area contributed by atoms with Crippen LogP contribution in [0, 0.1) is 15.5 Å². The van der Waals surface area contributed by atoms with Gasteiger partial charge in [0.25, 0.3) is 5.69 Å². The number of unbranched alkanes of at least 4 members (excludes halogenated alkanes) is 2. The van der Waals surface area contributed by atoms with Crippen LogP contribution in [0.5, 0.6) is 17.2 Å². The Balaban J connectivity index is 1.62. The van der Waals surface area contributed by atoms with Gasteiger partial charge in [0.05, 0.1) is 24.2 Å². The first-order chi connectivity index (χ1) is 12.5. The molecule has 0 amide bonds. The Morgan fingerprint density at radius 2 is 1.73 bits per heavy atom. The van der Waals surface area contributed by atoms with E-state index >= 15 is 0 Å². The minimum atomic E-state index is -0.572. The molecule has 0 saturated carbocycles. The Bertz CT molecular complexity index is 762. The maximum absolute atomic E-state index is 10.6. The lowest BCUT2D eigenvalue weighted by molar-refractivity contribution is -0.385. The van der Waals surface area contributed by atoms with Gasteiger partial charge in [-0.3, -0.25) is 15.5 Å². The van der Waals surface area contributed by atoms with Crippen molar-refractivity contribution in [3.63, 3.8) is 0 Å².